The van der Waals surface area contributed by atoms with Crippen molar-refractivity contribution >= 4 is 5.69 Å². The van der Waals surface area contributed by atoms with Crippen molar-refractivity contribution in [2.45, 2.75) is 19.9 Å². The monoisotopic (exact) mass is 242 g/mol. The van der Waals surface area contributed by atoms with Crippen LogP contribution in [0.1, 0.15) is 25.5 Å². The molecule has 0 saturated carbocycles. The summed E-state index contributed by atoms with van der Waals surface area (Å²) in [7, 11) is 0. The number of hydrogen-bond acceptors (Lipinski definition) is 3. The lowest BCUT2D eigenvalue weighted by atomic mass is 10.1. The van der Waals surface area contributed by atoms with Gasteiger partial charge >= 0.3 is 0 Å². The van der Waals surface area contributed by atoms with Crippen molar-refractivity contribution in [2.75, 3.05) is 11.9 Å². The van der Waals surface area contributed by atoms with E-state index in [0.29, 0.717) is 6.61 Å². The molecule has 0 spiro atoms. The minimum absolute atomic E-state index is 0.178. The molecule has 1 heterocycles. The summed E-state index contributed by atoms with van der Waals surface area (Å²) in [6, 6.07) is 12.2. The number of benzene rings is 1. The highest BCUT2D eigenvalue weighted by Crippen LogP contribution is 2.27. The topological polar surface area (TPSA) is 34.1 Å². The SMILES string of the molecule is CCOc1ccccc1C(C)Nc1cccnc1. The van der Waals surface area contributed by atoms with Crippen molar-refractivity contribution in [2.24, 2.45) is 0 Å². The molecule has 0 bridgehead atoms. The largest absolute Gasteiger partial charge is 0.494 e. The van der Waals surface area contributed by atoms with Crippen LogP contribution in [0, 0.1) is 0 Å². The van der Waals surface area contributed by atoms with Crippen LogP contribution in [0.4, 0.5) is 5.69 Å². The van der Waals surface area contributed by atoms with E-state index < -0.39 is 0 Å². The molecule has 18 heavy (non-hydrogen) atoms. The van der Waals surface area contributed by atoms with Gasteiger partial charge < -0.3 is 10.1 Å². The zero-order valence-corrected chi connectivity index (χ0v) is 10.8. The van der Waals surface area contributed by atoms with Crippen LogP contribution in [0.15, 0.2) is 48.8 Å². The molecule has 0 amide bonds. The highest BCUT2D eigenvalue weighted by Gasteiger charge is 2.10. The van der Waals surface area contributed by atoms with E-state index in [1.165, 1.54) is 0 Å². The molecule has 0 saturated heterocycles. The number of ether oxygens (including phenoxy) is 1. The summed E-state index contributed by atoms with van der Waals surface area (Å²) >= 11 is 0. The van der Waals surface area contributed by atoms with Gasteiger partial charge in [0, 0.05) is 18.0 Å². The summed E-state index contributed by atoms with van der Waals surface area (Å²) < 4.78 is 5.64. The second kappa shape index (κ2) is 6.05. The van der Waals surface area contributed by atoms with Crippen LogP contribution in [0.2, 0.25) is 0 Å². The van der Waals surface area contributed by atoms with Gasteiger partial charge in [0.25, 0.3) is 0 Å². The minimum Gasteiger partial charge on any atom is -0.494 e. The van der Waals surface area contributed by atoms with E-state index in [4.69, 9.17) is 4.74 Å². The fourth-order valence-electron chi connectivity index (χ4n) is 1.90. The van der Waals surface area contributed by atoms with Crippen LogP contribution < -0.4 is 10.1 Å². The first-order valence-corrected chi connectivity index (χ1v) is 6.19. The minimum atomic E-state index is 0.178. The van der Waals surface area contributed by atoms with Crippen molar-refractivity contribution in [3.8, 4) is 5.75 Å². The van der Waals surface area contributed by atoms with E-state index >= 15 is 0 Å². The second-order valence-corrected chi connectivity index (χ2v) is 4.08. The van der Waals surface area contributed by atoms with Crippen LogP contribution in [-0.2, 0) is 0 Å². The first-order valence-electron chi connectivity index (χ1n) is 6.19. The Balaban J connectivity index is 2.16. The Kier molecular flexibility index (Phi) is 4.18. The van der Waals surface area contributed by atoms with Crippen LogP contribution in [0.3, 0.4) is 0 Å². The molecule has 3 nitrogen and oxygen atoms in total. The van der Waals surface area contributed by atoms with Gasteiger partial charge in [0.1, 0.15) is 5.75 Å². The molecule has 0 fully saturated rings. The van der Waals surface area contributed by atoms with Crippen molar-refractivity contribution in [1.82, 2.24) is 4.98 Å². The quantitative estimate of drug-likeness (QED) is 0.869. The van der Waals surface area contributed by atoms with Gasteiger partial charge in [-0.05, 0) is 32.0 Å². The van der Waals surface area contributed by atoms with Crippen LogP contribution >= 0.6 is 0 Å². The van der Waals surface area contributed by atoms with Crippen LogP contribution in [-0.4, -0.2) is 11.6 Å². The lowest BCUT2D eigenvalue weighted by Gasteiger charge is -2.18. The molecule has 2 rings (SSSR count). The lowest BCUT2D eigenvalue weighted by Crippen LogP contribution is -2.09. The Morgan fingerprint density at radius 3 is 2.78 bits per heavy atom. The molecule has 1 aromatic heterocycles. The summed E-state index contributed by atoms with van der Waals surface area (Å²) in [4.78, 5) is 4.10. The number of aromatic nitrogens is 1. The zero-order chi connectivity index (χ0) is 12.8. The Labute approximate surface area is 108 Å². The van der Waals surface area contributed by atoms with Gasteiger partial charge in [0.15, 0.2) is 0 Å². The lowest BCUT2D eigenvalue weighted by molar-refractivity contribution is 0.335. The number of nitrogens with zero attached hydrogens (tertiary/aromatic N) is 1. The van der Waals surface area contributed by atoms with Gasteiger partial charge in [-0.1, -0.05) is 18.2 Å². The summed E-state index contributed by atoms with van der Waals surface area (Å²) in [5.74, 6) is 0.934. The molecule has 0 aliphatic heterocycles. The van der Waals surface area contributed by atoms with E-state index in [9.17, 15) is 0 Å². The molecular formula is C15H18N2O. The molecule has 0 radical (unpaired) electrons. The molecule has 1 unspecified atom stereocenters. The number of pyridine rings is 1. The van der Waals surface area contributed by atoms with Gasteiger partial charge in [-0.2, -0.15) is 0 Å². The normalized spacial score (nSPS) is 11.9. The fraction of sp³-hybridized carbons (Fsp3) is 0.267. The molecule has 1 aromatic carbocycles. The maximum absolute atomic E-state index is 5.64. The third-order valence-electron chi connectivity index (χ3n) is 2.73. The Morgan fingerprint density at radius 1 is 1.22 bits per heavy atom. The molecule has 0 aliphatic carbocycles. The molecule has 0 aliphatic rings. The van der Waals surface area contributed by atoms with Crippen molar-refractivity contribution in [1.29, 1.82) is 0 Å². The molecule has 94 valence electrons. The molecule has 1 N–H and O–H groups in total. The smallest absolute Gasteiger partial charge is 0.124 e. The van der Waals surface area contributed by atoms with E-state index in [1.54, 1.807) is 6.20 Å². The standard InChI is InChI=1S/C15H18N2O/c1-3-18-15-9-5-4-8-14(15)12(2)17-13-7-6-10-16-11-13/h4-12,17H,3H2,1-2H3. The Morgan fingerprint density at radius 2 is 2.06 bits per heavy atom. The Hall–Kier alpha value is -2.03. The summed E-state index contributed by atoms with van der Waals surface area (Å²) in [5.41, 5.74) is 2.17. The summed E-state index contributed by atoms with van der Waals surface area (Å²) in [6.45, 7) is 4.79. The first-order chi connectivity index (χ1) is 8.81. The third-order valence-corrected chi connectivity index (χ3v) is 2.73. The number of nitrogens with one attached hydrogen (secondary N) is 1. The van der Waals surface area contributed by atoms with Crippen LogP contribution in [0.25, 0.3) is 0 Å². The highest BCUT2D eigenvalue weighted by atomic mass is 16.5. The van der Waals surface area contributed by atoms with Gasteiger partial charge in [0.2, 0.25) is 0 Å². The first kappa shape index (κ1) is 12.4. The molecule has 1 atom stereocenters. The van der Waals surface area contributed by atoms with E-state index in [1.807, 2.05) is 43.5 Å². The number of anilines is 1. The molecular weight excluding hydrogens is 224 g/mol. The number of para-hydroxylation sites is 1. The van der Waals surface area contributed by atoms with Gasteiger partial charge in [-0.25, -0.2) is 0 Å². The maximum atomic E-state index is 5.64. The average molecular weight is 242 g/mol. The maximum Gasteiger partial charge on any atom is 0.124 e. The second-order valence-electron chi connectivity index (χ2n) is 4.08. The summed E-state index contributed by atoms with van der Waals surface area (Å²) in [5, 5.41) is 3.41. The summed E-state index contributed by atoms with van der Waals surface area (Å²) in [6.07, 6.45) is 3.59. The average Bonchev–Trinajstić information content (AvgIpc) is 2.41. The van der Waals surface area contributed by atoms with Crippen molar-refractivity contribution < 1.29 is 4.74 Å². The van der Waals surface area contributed by atoms with Gasteiger partial charge in [0.05, 0.1) is 18.3 Å². The Bertz CT molecular complexity index is 485. The number of hydrogen-bond donors (Lipinski definition) is 1. The fourth-order valence-corrected chi connectivity index (χ4v) is 1.90. The predicted molar refractivity (Wildman–Crippen MR) is 73.9 cm³/mol. The highest BCUT2D eigenvalue weighted by molar-refractivity contribution is 5.45. The van der Waals surface area contributed by atoms with Gasteiger partial charge in [-0.3, -0.25) is 4.98 Å². The zero-order valence-electron chi connectivity index (χ0n) is 10.8. The predicted octanol–water partition coefficient (Wildman–Crippen LogP) is 3.65. The van der Waals surface area contributed by atoms with E-state index in [0.717, 1.165) is 17.0 Å². The van der Waals surface area contributed by atoms with Gasteiger partial charge in [-0.15, -0.1) is 0 Å². The molecule has 3 heteroatoms. The van der Waals surface area contributed by atoms with Crippen molar-refractivity contribution in [3.63, 3.8) is 0 Å². The van der Waals surface area contributed by atoms with Crippen molar-refractivity contribution in [3.05, 3.63) is 54.4 Å². The number of rotatable bonds is 5. The van der Waals surface area contributed by atoms with E-state index in [2.05, 4.69) is 23.3 Å². The third kappa shape index (κ3) is 3.00. The van der Waals surface area contributed by atoms with E-state index in [-0.39, 0.29) is 6.04 Å². The van der Waals surface area contributed by atoms with Crippen LogP contribution in [0.5, 0.6) is 5.75 Å². The molecule has 2 aromatic rings.